The zero-order chi connectivity index (χ0) is 30.3. The number of aromatic amines is 1. The number of nitrogens with one attached hydrogen (secondary N) is 1. The number of H-pyrrole nitrogens is 1. The molecule has 5 rings (SSSR count). The van der Waals surface area contributed by atoms with E-state index in [1.807, 2.05) is 27.7 Å². The van der Waals surface area contributed by atoms with Crippen molar-refractivity contribution in [3.8, 4) is 11.5 Å². The number of aromatic carboxylic acids is 1. The van der Waals surface area contributed by atoms with Gasteiger partial charge in [0.05, 0.1) is 41.9 Å². The molecule has 3 N–H and O–H groups in total. The zero-order valence-corrected chi connectivity index (χ0v) is 23.9. The summed E-state index contributed by atoms with van der Waals surface area (Å²) >= 11 is 0. The maximum absolute atomic E-state index is 13.7. The van der Waals surface area contributed by atoms with Crippen LogP contribution in [0.15, 0.2) is 66.2 Å². The third kappa shape index (κ3) is 4.96. The second-order valence-electron chi connectivity index (χ2n) is 10.9. The van der Waals surface area contributed by atoms with Crippen molar-refractivity contribution in [2.24, 2.45) is 0 Å². The Morgan fingerprint density at radius 3 is 2.43 bits per heavy atom. The van der Waals surface area contributed by atoms with Crippen molar-refractivity contribution in [1.82, 2.24) is 9.97 Å². The number of hydrogen-bond acceptors (Lipinski definition) is 7. The van der Waals surface area contributed by atoms with Gasteiger partial charge >= 0.3 is 11.9 Å². The van der Waals surface area contributed by atoms with Gasteiger partial charge in [0.2, 0.25) is 5.95 Å². The summed E-state index contributed by atoms with van der Waals surface area (Å²) in [5, 5.41) is 21.1. The number of carbonyl (C=O) groups is 3. The fourth-order valence-corrected chi connectivity index (χ4v) is 5.12. The van der Waals surface area contributed by atoms with Crippen molar-refractivity contribution < 1.29 is 34.1 Å². The lowest BCUT2D eigenvalue weighted by Crippen LogP contribution is -2.30. The Hall–Kier alpha value is -5.12. The standard InChI is InChI=1S/C32H31N3O7/c1-6-42-24-13-11-18(15-21(24)32(2,3)4)27(36)25-26(17-8-7-9-20(14-17)41-5)35(29(38)28(25)37)31-33-22-12-10-19(30(39)40)16-23(22)34-31/h7-16,26,36H,6H2,1-5H3,(H,33,34)(H,39,40)/b27-25+. The van der Waals surface area contributed by atoms with Gasteiger partial charge in [-0.2, -0.15) is 0 Å². The summed E-state index contributed by atoms with van der Waals surface area (Å²) in [7, 11) is 1.50. The van der Waals surface area contributed by atoms with E-state index < -0.39 is 23.7 Å². The maximum Gasteiger partial charge on any atom is 0.335 e. The number of anilines is 1. The van der Waals surface area contributed by atoms with Gasteiger partial charge in [0.15, 0.2) is 0 Å². The third-order valence-electron chi connectivity index (χ3n) is 7.16. The van der Waals surface area contributed by atoms with Crippen molar-refractivity contribution >= 4 is 40.4 Å². The van der Waals surface area contributed by atoms with Crippen LogP contribution in [0.4, 0.5) is 5.95 Å². The van der Waals surface area contributed by atoms with E-state index in [1.54, 1.807) is 42.5 Å². The number of benzene rings is 3. The fourth-order valence-electron chi connectivity index (χ4n) is 5.12. The summed E-state index contributed by atoms with van der Waals surface area (Å²) < 4.78 is 11.2. The Balaban J connectivity index is 1.73. The highest BCUT2D eigenvalue weighted by atomic mass is 16.5. The van der Waals surface area contributed by atoms with E-state index in [2.05, 4.69) is 9.97 Å². The number of ketones is 1. The van der Waals surface area contributed by atoms with Gasteiger partial charge in [-0.1, -0.05) is 32.9 Å². The van der Waals surface area contributed by atoms with Crippen molar-refractivity contribution in [3.63, 3.8) is 0 Å². The molecule has 2 heterocycles. The number of hydrogen-bond donors (Lipinski definition) is 3. The first kappa shape index (κ1) is 28.4. The number of Topliss-reactive ketones (excluding diaryl/α,β-unsaturated/α-hetero) is 1. The molecule has 42 heavy (non-hydrogen) atoms. The molecule has 1 atom stereocenters. The molecule has 10 heteroatoms. The van der Waals surface area contributed by atoms with Crippen LogP contribution in [0.1, 0.15) is 60.8 Å². The summed E-state index contributed by atoms with van der Waals surface area (Å²) in [6, 6.07) is 15.3. The average Bonchev–Trinajstić information content (AvgIpc) is 3.50. The number of carboxylic acids is 1. The number of carboxylic acid groups (broad SMARTS) is 1. The van der Waals surface area contributed by atoms with E-state index in [0.717, 1.165) is 5.56 Å². The number of aromatic nitrogens is 2. The number of methoxy groups -OCH3 is 1. The van der Waals surface area contributed by atoms with E-state index in [0.29, 0.717) is 40.3 Å². The Kier molecular flexibility index (Phi) is 7.24. The van der Waals surface area contributed by atoms with Gasteiger partial charge in [0.25, 0.3) is 5.78 Å². The molecule has 1 aliphatic rings. The van der Waals surface area contributed by atoms with E-state index >= 15 is 0 Å². The van der Waals surface area contributed by atoms with Crippen molar-refractivity contribution in [2.45, 2.75) is 39.2 Å². The molecule has 0 aliphatic carbocycles. The van der Waals surface area contributed by atoms with Crippen LogP contribution in [0, 0.1) is 0 Å². The molecule has 1 unspecified atom stereocenters. The molecular weight excluding hydrogens is 538 g/mol. The van der Waals surface area contributed by atoms with Gasteiger partial charge in [-0.05, 0) is 66.4 Å². The number of rotatable bonds is 7. The molecule has 0 radical (unpaired) electrons. The highest BCUT2D eigenvalue weighted by Crippen LogP contribution is 2.43. The van der Waals surface area contributed by atoms with Gasteiger partial charge < -0.3 is 24.7 Å². The van der Waals surface area contributed by atoms with Gasteiger partial charge in [-0.3, -0.25) is 14.5 Å². The van der Waals surface area contributed by atoms with Gasteiger partial charge in [-0.15, -0.1) is 0 Å². The van der Waals surface area contributed by atoms with E-state index in [1.165, 1.54) is 30.2 Å². The molecular formula is C32H31N3O7. The van der Waals surface area contributed by atoms with E-state index in [4.69, 9.17) is 9.47 Å². The van der Waals surface area contributed by atoms with Crippen LogP contribution in [-0.2, 0) is 15.0 Å². The molecule has 1 saturated heterocycles. The second-order valence-corrected chi connectivity index (χ2v) is 10.9. The fraction of sp³-hybridized carbons (Fsp3) is 0.250. The summed E-state index contributed by atoms with van der Waals surface area (Å²) in [4.78, 5) is 47.5. The Bertz CT molecular complexity index is 1760. The van der Waals surface area contributed by atoms with Gasteiger partial charge in [0, 0.05) is 11.1 Å². The summed E-state index contributed by atoms with van der Waals surface area (Å²) in [5.41, 5.74) is 2.03. The number of fused-ring (bicyclic) bond motifs is 1. The smallest absolute Gasteiger partial charge is 0.335 e. The van der Waals surface area contributed by atoms with Crippen LogP contribution in [0.5, 0.6) is 11.5 Å². The number of aliphatic hydroxyl groups is 1. The second kappa shape index (κ2) is 10.7. The quantitative estimate of drug-likeness (QED) is 0.149. The average molecular weight is 570 g/mol. The predicted molar refractivity (Wildman–Crippen MR) is 157 cm³/mol. The zero-order valence-electron chi connectivity index (χ0n) is 23.9. The highest BCUT2D eigenvalue weighted by Gasteiger charge is 2.48. The molecule has 1 fully saturated rings. The number of aliphatic hydroxyl groups excluding tert-OH is 1. The predicted octanol–water partition coefficient (Wildman–Crippen LogP) is 5.59. The SMILES string of the molecule is CCOc1ccc(/C(O)=C2\C(=O)C(=O)N(c3nc4ccc(C(=O)O)cc4[nH]3)C2c2cccc(OC)c2)cc1C(C)(C)C. The van der Waals surface area contributed by atoms with Crippen LogP contribution in [0.2, 0.25) is 0 Å². The molecule has 1 aliphatic heterocycles. The van der Waals surface area contributed by atoms with E-state index in [9.17, 15) is 24.6 Å². The Morgan fingerprint density at radius 2 is 1.76 bits per heavy atom. The monoisotopic (exact) mass is 569 g/mol. The minimum Gasteiger partial charge on any atom is -0.507 e. The Labute approximate surface area is 242 Å². The molecule has 4 aromatic rings. The molecule has 1 aromatic heterocycles. The largest absolute Gasteiger partial charge is 0.507 e. The van der Waals surface area contributed by atoms with Crippen LogP contribution < -0.4 is 14.4 Å². The van der Waals surface area contributed by atoms with Crippen molar-refractivity contribution in [3.05, 3.63) is 88.5 Å². The number of imidazole rings is 1. The summed E-state index contributed by atoms with van der Waals surface area (Å²) in [6.45, 7) is 8.39. The van der Waals surface area contributed by atoms with Crippen molar-refractivity contribution in [1.29, 1.82) is 0 Å². The lowest BCUT2D eigenvalue weighted by Gasteiger charge is -2.25. The molecule has 216 valence electrons. The van der Waals surface area contributed by atoms with Gasteiger partial charge in [0.1, 0.15) is 17.3 Å². The lowest BCUT2D eigenvalue weighted by atomic mass is 9.84. The molecule has 0 spiro atoms. The van der Waals surface area contributed by atoms with Crippen LogP contribution in [0.25, 0.3) is 16.8 Å². The van der Waals surface area contributed by atoms with Crippen molar-refractivity contribution in [2.75, 3.05) is 18.6 Å². The summed E-state index contributed by atoms with van der Waals surface area (Å²) in [6.07, 6.45) is 0. The van der Waals surface area contributed by atoms with Gasteiger partial charge in [-0.25, -0.2) is 9.78 Å². The number of ether oxygens (including phenoxy) is 2. The molecule has 0 bridgehead atoms. The topological polar surface area (TPSA) is 142 Å². The normalized spacial score (nSPS) is 16.7. The van der Waals surface area contributed by atoms with E-state index in [-0.39, 0.29) is 28.3 Å². The molecule has 3 aromatic carbocycles. The summed E-state index contributed by atoms with van der Waals surface area (Å²) in [5.74, 6) is -2.07. The molecule has 10 nitrogen and oxygen atoms in total. The Morgan fingerprint density at radius 1 is 1.02 bits per heavy atom. The first-order valence-corrected chi connectivity index (χ1v) is 13.4. The maximum atomic E-state index is 13.7. The molecule has 0 saturated carbocycles. The third-order valence-corrected chi connectivity index (χ3v) is 7.16. The highest BCUT2D eigenvalue weighted by molar-refractivity contribution is 6.51. The lowest BCUT2D eigenvalue weighted by molar-refractivity contribution is -0.132. The first-order chi connectivity index (χ1) is 19.9. The number of nitrogens with zero attached hydrogens (tertiary/aromatic N) is 2. The van der Waals surface area contributed by atoms with Crippen LogP contribution in [-0.4, -0.2) is 51.6 Å². The van der Waals surface area contributed by atoms with Crippen LogP contribution in [0.3, 0.4) is 0 Å². The van der Waals surface area contributed by atoms with Crippen LogP contribution >= 0.6 is 0 Å². The number of carbonyl (C=O) groups excluding carboxylic acids is 2. The number of amides is 1. The minimum absolute atomic E-state index is 0.0311. The minimum atomic E-state index is -1.12. The first-order valence-electron chi connectivity index (χ1n) is 13.4. The molecule has 1 amide bonds.